The zero-order chi connectivity index (χ0) is 19.3. The van der Waals surface area contributed by atoms with E-state index in [1.807, 2.05) is 0 Å². The number of hydrogen-bond acceptors (Lipinski definition) is 8. The fraction of sp³-hybridized carbons (Fsp3) is 0.176. The Labute approximate surface area is 153 Å². The molecule has 0 aliphatic rings. The van der Waals surface area contributed by atoms with Crippen LogP contribution in [0.25, 0.3) is 0 Å². The second-order valence-corrected chi connectivity index (χ2v) is 5.62. The van der Waals surface area contributed by atoms with Gasteiger partial charge in [0.1, 0.15) is 11.5 Å². The maximum Gasteiger partial charge on any atom is 0.323 e. The molecule has 0 saturated heterocycles. The normalized spacial score (nSPS) is 11.0. The summed E-state index contributed by atoms with van der Waals surface area (Å²) in [5.74, 6) is -4.70. The van der Waals surface area contributed by atoms with Gasteiger partial charge in [-0.2, -0.15) is 0 Å². The molecule has 0 aliphatic heterocycles. The van der Waals surface area contributed by atoms with E-state index in [0.29, 0.717) is 5.02 Å². The van der Waals surface area contributed by atoms with Gasteiger partial charge in [0.15, 0.2) is 0 Å². The summed E-state index contributed by atoms with van der Waals surface area (Å²) in [6.45, 7) is -1.01. The van der Waals surface area contributed by atoms with Gasteiger partial charge in [-0.05, 0) is 36.4 Å². The molecule has 2 rings (SSSR count). The quantitative estimate of drug-likeness (QED) is 0.428. The maximum atomic E-state index is 12.0. The largest absolute Gasteiger partial charge is 0.508 e. The van der Waals surface area contributed by atoms with E-state index in [9.17, 15) is 19.8 Å². The number of aromatic hydroxyl groups is 2. The van der Waals surface area contributed by atoms with Gasteiger partial charge in [0.05, 0.1) is 18.7 Å². The van der Waals surface area contributed by atoms with E-state index in [2.05, 4.69) is 0 Å². The molecule has 2 aromatic rings. The summed E-state index contributed by atoms with van der Waals surface area (Å²) in [6, 6.07) is 9.33. The Morgan fingerprint density at radius 1 is 0.962 bits per heavy atom. The highest BCUT2D eigenvalue weighted by Crippen LogP contribution is 2.41. The van der Waals surface area contributed by atoms with E-state index in [0.717, 1.165) is 6.07 Å². The van der Waals surface area contributed by atoms with Crippen LogP contribution < -0.4 is 11.5 Å². The molecule has 0 unspecified atom stereocenters. The average Bonchev–Trinajstić information content (AvgIpc) is 2.61. The molecule has 0 fully saturated rings. The highest BCUT2D eigenvalue weighted by Gasteiger charge is 2.45. The maximum absolute atomic E-state index is 12.0. The van der Waals surface area contributed by atoms with Gasteiger partial charge >= 0.3 is 17.7 Å². The first-order valence-corrected chi connectivity index (χ1v) is 7.82. The lowest BCUT2D eigenvalue weighted by molar-refractivity contribution is -0.217. The first-order chi connectivity index (χ1) is 12.3. The third-order valence-electron chi connectivity index (χ3n) is 3.41. The molecule has 0 amide bonds. The average molecular weight is 381 g/mol. The van der Waals surface area contributed by atoms with Gasteiger partial charge in [-0.25, -0.2) is 0 Å². The minimum absolute atomic E-state index is 0.110. The van der Waals surface area contributed by atoms with Gasteiger partial charge in [-0.15, -0.1) is 0 Å². The summed E-state index contributed by atoms with van der Waals surface area (Å²) >= 11 is 5.89. The number of halogens is 1. The smallest absolute Gasteiger partial charge is 0.323 e. The van der Waals surface area contributed by atoms with Crippen molar-refractivity contribution in [1.82, 2.24) is 0 Å². The van der Waals surface area contributed by atoms with Crippen LogP contribution in [0.2, 0.25) is 5.02 Å². The lowest BCUT2D eigenvalue weighted by Gasteiger charge is -2.33. The minimum Gasteiger partial charge on any atom is -0.508 e. The molecule has 0 bridgehead atoms. The fourth-order valence-electron chi connectivity index (χ4n) is 2.28. The van der Waals surface area contributed by atoms with Crippen molar-refractivity contribution in [1.29, 1.82) is 0 Å². The van der Waals surface area contributed by atoms with Crippen LogP contribution in [0.3, 0.4) is 0 Å². The van der Waals surface area contributed by atoms with Gasteiger partial charge < -0.3 is 31.2 Å². The standard InChI is InChI=1S/C17H17ClN2O6/c18-11-3-1-10(2-4-11)17(25-15(23)8-19,26-16(24)9-20)13-6-5-12(21)7-14(13)22/h1-7,21-22H,8-9,19-20H2. The summed E-state index contributed by atoms with van der Waals surface area (Å²) < 4.78 is 10.7. The van der Waals surface area contributed by atoms with E-state index in [1.54, 1.807) is 0 Å². The Morgan fingerprint density at radius 3 is 1.96 bits per heavy atom. The number of ether oxygens (including phenoxy) is 2. The molecular weight excluding hydrogens is 364 g/mol. The van der Waals surface area contributed by atoms with Gasteiger partial charge in [0.25, 0.3) is 0 Å². The predicted octanol–water partition coefficient (Wildman–Crippen LogP) is 0.956. The molecule has 0 aliphatic carbocycles. The van der Waals surface area contributed by atoms with Crippen molar-refractivity contribution >= 4 is 23.5 Å². The van der Waals surface area contributed by atoms with Crippen molar-refractivity contribution in [2.45, 2.75) is 5.79 Å². The van der Waals surface area contributed by atoms with Crippen molar-refractivity contribution in [3.8, 4) is 11.5 Å². The molecule has 0 spiro atoms. The van der Waals surface area contributed by atoms with Crippen molar-refractivity contribution in [2.24, 2.45) is 11.5 Å². The number of benzene rings is 2. The molecule has 0 radical (unpaired) electrons. The number of esters is 2. The van der Waals surface area contributed by atoms with Crippen LogP contribution in [-0.4, -0.2) is 35.2 Å². The van der Waals surface area contributed by atoms with Crippen molar-refractivity contribution in [3.05, 3.63) is 58.6 Å². The van der Waals surface area contributed by atoms with Crippen LogP contribution in [-0.2, 0) is 24.8 Å². The SMILES string of the molecule is NCC(=O)OC(OC(=O)CN)(c1ccc(Cl)cc1)c1ccc(O)cc1O. The zero-order valence-electron chi connectivity index (χ0n) is 13.5. The number of phenolic OH excluding ortho intramolecular Hbond substituents is 2. The number of carbonyl (C=O) groups excluding carboxylic acids is 2. The van der Waals surface area contributed by atoms with Gasteiger partial charge in [0, 0.05) is 16.7 Å². The van der Waals surface area contributed by atoms with Gasteiger partial charge in [-0.3, -0.25) is 9.59 Å². The fourth-order valence-corrected chi connectivity index (χ4v) is 2.40. The molecule has 2 aromatic carbocycles. The second-order valence-electron chi connectivity index (χ2n) is 5.18. The highest BCUT2D eigenvalue weighted by atomic mass is 35.5. The lowest BCUT2D eigenvalue weighted by Crippen LogP contribution is -2.41. The van der Waals surface area contributed by atoms with Crippen LogP contribution in [0.1, 0.15) is 11.1 Å². The molecule has 138 valence electrons. The number of rotatable bonds is 6. The van der Waals surface area contributed by atoms with Crippen LogP contribution >= 0.6 is 11.6 Å². The van der Waals surface area contributed by atoms with Crippen LogP contribution in [0, 0.1) is 0 Å². The Kier molecular flexibility index (Phi) is 6.04. The summed E-state index contributed by atoms with van der Waals surface area (Å²) in [6.07, 6.45) is 0. The highest BCUT2D eigenvalue weighted by molar-refractivity contribution is 6.30. The molecule has 8 nitrogen and oxygen atoms in total. The lowest BCUT2D eigenvalue weighted by atomic mass is 9.95. The first-order valence-electron chi connectivity index (χ1n) is 7.44. The molecular formula is C17H17ClN2O6. The zero-order valence-corrected chi connectivity index (χ0v) is 14.3. The summed E-state index contributed by atoms with van der Waals surface area (Å²) in [4.78, 5) is 23.9. The van der Waals surface area contributed by atoms with E-state index in [-0.39, 0.29) is 16.9 Å². The predicted molar refractivity (Wildman–Crippen MR) is 92.3 cm³/mol. The second kappa shape index (κ2) is 8.05. The number of nitrogens with two attached hydrogens (primary N) is 2. The van der Waals surface area contributed by atoms with Gasteiger partial charge in [-0.1, -0.05) is 11.6 Å². The number of carbonyl (C=O) groups is 2. The molecule has 0 saturated carbocycles. The molecule has 0 atom stereocenters. The summed E-state index contributed by atoms with van der Waals surface area (Å²) in [5.41, 5.74) is 10.7. The van der Waals surface area contributed by atoms with E-state index in [1.165, 1.54) is 36.4 Å². The monoisotopic (exact) mass is 380 g/mol. The Morgan fingerprint density at radius 2 is 1.50 bits per heavy atom. The molecule has 0 aromatic heterocycles. The van der Waals surface area contributed by atoms with E-state index < -0.39 is 36.6 Å². The van der Waals surface area contributed by atoms with E-state index >= 15 is 0 Å². The molecule has 26 heavy (non-hydrogen) atoms. The van der Waals surface area contributed by atoms with Crippen molar-refractivity contribution in [3.63, 3.8) is 0 Å². The summed E-state index contributed by atoms with van der Waals surface area (Å²) in [5, 5.41) is 20.2. The molecule has 9 heteroatoms. The topological polar surface area (TPSA) is 145 Å². The molecule has 6 N–H and O–H groups in total. The Hall–Kier alpha value is -2.81. The number of hydrogen-bond donors (Lipinski definition) is 4. The third-order valence-corrected chi connectivity index (χ3v) is 3.66. The van der Waals surface area contributed by atoms with Crippen LogP contribution in [0.15, 0.2) is 42.5 Å². The number of phenols is 2. The van der Waals surface area contributed by atoms with Crippen molar-refractivity contribution < 1.29 is 29.3 Å². The van der Waals surface area contributed by atoms with Crippen molar-refractivity contribution in [2.75, 3.05) is 13.1 Å². The molecule has 0 heterocycles. The summed E-state index contributed by atoms with van der Waals surface area (Å²) in [7, 11) is 0. The Balaban J connectivity index is 2.75. The Bertz CT molecular complexity index is 791. The first kappa shape index (κ1) is 19.5. The van der Waals surface area contributed by atoms with E-state index in [4.69, 9.17) is 32.5 Å². The van der Waals surface area contributed by atoms with Crippen LogP contribution in [0.4, 0.5) is 0 Å². The van der Waals surface area contributed by atoms with Crippen LogP contribution in [0.5, 0.6) is 11.5 Å². The third kappa shape index (κ3) is 4.05. The minimum atomic E-state index is -2.17. The van der Waals surface area contributed by atoms with Gasteiger partial charge in [0.2, 0.25) is 0 Å².